The van der Waals surface area contributed by atoms with E-state index in [2.05, 4.69) is 39.8 Å². The van der Waals surface area contributed by atoms with Gasteiger partial charge >= 0.3 is 31.7 Å². The fraction of sp³-hybridized carbons (Fsp3) is 0.935. The van der Waals surface area contributed by atoms with Crippen molar-refractivity contribution in [2.45, 2.75) is 524 Å². The lowest BCUT2D eigenvalue weighted by atomic mass is 9.84. The third kappa shape index (κ3) is 51.0. The van der Waals surface area contributed by atoms with E-state index in [1.807, 2.05) is 0 Å². The maximum Gasteiger partial charge on any atom is 0.472 e. The van der Waals surface area contributed by atoms with Crippen LogP contribution in [0.3, 0.4) is 0 Å². The Hall–Kier alpha value is -2.79. The van der Waals surface area contributed by atoms with Gasteiger partial charge in [-0.1, -0.05) is 354 Å². The van der Waals surface area contributed by atoms with Gasteiger partial charge in [0.05, 0.1) is 13.2 Å². The van der Waals surface area contributed by atoms with Gasteiger partial charge in [0.2, 0.25) is 0 Å². The number of rotatable bonds is 78. The molecule has 0 spiro atoms. The number of unbranched alkanes of at least 4 members (excludes halogenated alkanes) is 52. The van der Waals surface area contributed by atoms with Crippen LogP contribution in [-0.4, -0.2) is 205 Å². The van der Waals surface area contributed by atoms with E-state index in [9.17, 15) is 74.6 Å². The lowest BCUT2D eigenvalue weighted by Gasteiger charge is -2.50. The van der Waals surface area contributed by atoms with Crippen LogP contribution in [0.1, 0.15) is 419 Å². The van der Waals surface area contributed by atoms with Crippen LogP contribution in [0.5, 0.6) is 0 Å². The molecule has 18 unspecified atom stereocenters. The zero-order valence-corrected chi connectivity index (χ0v) is 74.9. The van der Waals surface area contributed by atoms with Gasteiger partial charge in [0.25, 0.3) is 0 Å². The van der Waals surface area contributed by atoms with Gasteiger partial charge in [-0.15, -0.1) is 0 Å². The first kappa shape index (κ1) is 109. The Balaban J connectivity index is 1.91. The number of carbonyl (C=O) groups is 4. The maximum atomic E-state index is 14.9. The van der Waals surface area contributed by atoms with Gasteiger partial charge in [-0.2, -0.15) is 0 Å². The molecule has 0 aromatic heterocycles. The molecule has 1 saturated carbocycles. The number of phosphoric acid groups is 1. The monoisotopic (exact) mass is 1710 g/mol. The molecule has 26 heteroatoms. The highest BCUT2D eigenvalue weighted by molar-refractivity contribution is 7.47. The number of hydrogen-bond donors (Lipinski definition) is 10. The summed E-state index contributed by atoms with van der Waals surface area (Å²) in [5.74, 6) is -2.96. The summed E-state index contributed by atoms with van der Waals surface area (Å²) in [7, 11) is -5.81. The van der Waals surface area contributed by atoms with Gasteiger partial charge in [0.15, 0.2) is 24.8 Å². The summed E-state index contributed by atoms with van der Waals surface area (Å²) in [6.07, 6.45) is 30.5. The Morgan fingerprint density at radius 2 is 0.636 bits per heavy atom. The van der Waals surface area contributed by atoms with Crippen LogP contribution in [-0.2, 0) is 70.7 Å². The van der Waals surface area contributed by atoms with Crippen LogP contribution >= 0.6 is 7.82 Å². The minimum Gasteiger partial charge on any atom is -0.463 e. The van der Waals surface area contributed by atoms with Crippen molar-refractivity contribution in [2.24, 2.45) is 0 Å². The minimum atomic E-state index is -5.81. The molecule has 0 aromatic rings. The summed E-state index contributed by atoms with van der Waals surface area (Å²) in [5, 5.41) is 102. The Kier molecular flexibility index (Phi) is 66.2. The van der Waals surface area contributed by atoms with E-state index in [0.29, 0.717) is 38.5 Å². The Labute approximate surface area is 712 Å². The third-order valence-corrected chi connectivity index (χ3v) is 24.5. The van der Waals surface area contributed by atoms with Crippen molar-refractivity contribution in [1.29, 1.82) is 0 Å². The van der Waals surface area contributed by atoms with Crippen molar-refractivity contribution in [3.8, 4) is 0 Å². The molecule has 0 bridgehead atoms. The van der Waals surface area contributed by atoms with Crippen LogP contribution in [0, 0.1) is 0 Å². The summed E-state index contributed by atoms with van der Waals surface area (Å²) in [5.41, 5.74) is 0. The molecule has 2 heterocycles. The average molecular weight is 1710 g/mol. The quantitative estimate of drug-likeness (QED) is 0.00889. The first-order valence-electron chi connectivity index (χ1n) is 47.9. The largest absolute Gasteiger partial charge is 0.472 e. The molecule has 694 valence electrons. The van der Waals surface area contributed by atoms with Crippen LogP contribution in [0.4, 0.5) is 0 Å². The number of hydrogen-bond acceptors (Lipinski definition) is 24. The number of aliphatic hydroxyl groups is 9. The van der Waals surface area contributed by atoms with Crippen molar-refractivity contribution < 1.29 is 122 Å². The topological polar surface area (TPSA) is 380 Å². The average Bonchev–Trinajstić information content (AvgIpc) is 0.755. The predicted molar refractivity (Wildman–Crippen MR) is 458 cm³/mol. The number of allylic oxidation sites excluding steroid dienone is 2. The number of phosphoric ester groups is 1. The Morgan fingerprint density at radius 1 is 0.331 bits per heavy atom. The van der Waals surface area contributed by atoms with E-state index < -0.39 is 162 Å². The standard InChI is InChI=1S/C92H171O25P/c1-5-9-13-17-21-25-29-33-36-39-41-45-48-52-56-60-64-75(94)108-69-72(111-77(96)66-62-58-54-50-46-42-37-34-30-26-22-18-14-10-6-2)70-110-118(106,107)117-90-88(115-91-85(104)81(100)79(98)73(68-93)112-91)84(103)83(102)87(114-78(97)67-63-59-55-51-47-43-38-35-31-27-23-19-15-11-7-3)89(90)116-92-86(105)82(101)80(99)74(113-92)71-109-76(95)65-61-57-53-49-44-40-32-28-24-20-16-12-8-4/h40,44,72-74,79-93,98-105H,5-39,41-43,45-71H2,1-4H3,(H,106,107)/b44-40-. The second-order valence-corrected chi connectivity index (χ2v) is 35.6. The molecular weight excluding hydrogens is 1540 g/mol. The molecule has 2 aliphatic heterocycles. The van der Waals surface area contributed by atoms with Crippen molar-refractivity contribution in [3.63, 3.8) is 0 Å². The smallest absolute Gasteiger partial charge is 0.463 e. The third-order valence-electron chi connectivity index (χ3n) is 23.5. The molecule has 3 rings (SSSR count). The zero-order chi connectivity index (χ0) is 86.1. The fourth-order valence-corrected chi connectivity index (χ4v) is 16.9. The van der Waals surface area contributed by atoms with Crippen LogP contribution in [0.15, 0.2) is 12.2 Å². The van der Waals surface area contributed by atoms with Crippen molar-refractivity contribution in [2.75, 3.05) is 26.4 Å². The molecule has 0 radical (unpaired) electrons. The minimum absolute atomic E-state index is 0.00419. The summed E-state index contributed by atoms with van der Waals surface area (Å²) in [4.78, 5) is 66.5. The van der Waals surface area contributed by atoms with E-state index in [-0.39, 0.29) is 25.7 Å². The molecule has 2 saturated heterocycles. The van der Waals surface area contributed by atoms with Crippen LogP contribution in [0.25, 0.3) is 0 Å². The van der Waals surface area contributed by atoms with Gasteiger partial charge in [-0.05, 0) is 51.4 Å². The van der Waals surface area contributed by atoms with Crippen molar-refractivity contribution >= 4 is 31.7 Å². The normalized spacial score (nSPS) is 24.9. The molecule has 3 fully saturated rings. The summed E-state index contributed by atoms with van der Waals surface area (Å²) < 4.78 is 73.5. The molecule has 3 aliphatic rings. The number of aliphatic hydroxyl groups excluding tert-OH is 9. The van der Waals surface area contributed by atoms with Gasteiger partial charge in [0, 0.05) is 25.7 Å². The molecule has 18 atom stereocenters. The molecule has 1 aliphatic carbocycles. The first-order valence-corrected chi connectivity index (χ1v) is 49.4. The first-order chi connectivity index (χ1) is 57.2. The molecule has 0 aromatic carbocycles. The summed E-state index contributed by atoms with van der Waals surface area (Å²) in [6.45, 7) is 5.62. The van der Waals surface area contributed by atoms with Gasteiger partial charge in [-0.3, -0.25) is 28.2 Å². The predicted octanol–water partition coefficient (Wildman–Crippen LogP) is 17.9. The van der Waals surface area contributed by atoms with E-state index in [1.165, 1.54) is 205 Å². The second kappa shape index (κ2) is 71.4. The Bertz CT molecular complexity index is 2500. The Morgan fingerprint density at radius 3 is 1.02 bits per heavy atom. The van der Waals surface area contributed by atoms with E-state index in [1.54, 1.807) is 0 Å². The SMILES string of the molecule is CCCCCCCC/C=C\CCCCCC(=O)OCC1OC(OC2C(OC(=O)CCCCCCCCCCCCCCCCC)C(O)C(O)C(OC3OC(CO)C(O)C(O)C3O)C2OP(=O)(O)OCC(COC(=O)CCCCCCCCCCCCCCCCCC)OC(=O)CCCCCCCCCCCCCCCCC)C(O)C(O)C1O. The van der Waals surface area contributed by atoms with Crippen LogP contribution in [0.2, 0.25) is 0 Å². The van der Waals surface area contributed by atoms with Crippen molar-refractivity contribution in [3.05, 3.63) is 12.2 Å². The number of ether oxygens (including phenoxy) is 8. The summed E-state index contributed by atoms with van der Waals surface area (Å²) in [6, 6.07) is 0. The summed E-state index contributed by atoms with van der Waals surface area (Å²) >= 11 is 0. The lowest BCUT2D eigenvalue weighted by molar-refractivity contribution is -0.360. The van der Waals surface area contributed by atoms with Gasteiger partial charge < -0.3 is 88.7 Å². The van der Waals surface area contributed by atoms with E-state index in [4.69, 9.17) is 46.9 Å². The maximum absolute atomic E-state index is 14.9. The van der Waals surface area contributed by atoms with E-state index >= 15 is 0 Å². The highest BCUT2D eigenvalue weighted by atomic mass is 31.2. The molecular formula is C92H171O25P. The zero-order valence-electron chi connectivity index (χ0n) is 74.0. The van der Waals surface area contributed by atoms with Crippen LogP contribution < -0.4 is 0 Å². The highest BCUT2D eigenvalue weighted by Gasteiger charge is 2.60. The molecule has 10 N–H and O–H groups in total. The lowest BCUT2D eigenvalue weighted by Crippen LogP contribution is -2.70. The second-order valence-electron chi connectivity index (χ2n) is 34.2. The fourth-order valence-electron chi connectivity index (χ4n) is 15.9. The number of carbonyl (C=O) groups excluding carboxylic acids is 4. The molecule has 118 heavy (non-hydrogen) atoms. The van der Waals surface area contributed by atoms with E-state index in [0.717, 1.165) is 122 Å². The van der Waals surface area contributed by atoms with Gasteiger partial charge in [0.1, 0.15) is 92.6 Å². The van der Waals surface area contributed by atoms with Crippen molar-refractivity contribution in [1.82, 2.24) is 0 Å². The van der Waals surface area contributed by atoms with Gasteiger partial charge in [-0.25, -0.2) is 4.57 Å². The molecule has 0 amide bonds. The molecule has 25 nitrogen and oxygen atoms in total. The number of esters is 4. The highest BCUT2D eigenvalue weighted by Crippen LogP contribution is 2.49.